The van der Waals surface area contributed by atoms with E-state index in [1.54, 1.807) is 0 Å². The fraction of sp³-hybridized carbons (Fsp3) is 0.300. The summed E-state index contributed by atoms with van der Waals surface area (Å²) in [5.41, 5.74) is -1.26. The number of aromatic amines is 1. The van der Waals surface area contributed by atoms with E-state index < -0.39 is 16.8 Å². The molecule has 0 atom stereocenters. The number of H-pyrrole nitrogens is 1. The van der Waals surface area contributed by atoms with Gasteiger partial charge >= 0.3 is 5.97 Å². The van der Waals surface area contributed by atoms with E-state index in [1.165, 1.54) is 12.3 Å². The zero-order chi connectivity index (χ0) is 21.1. The fourth-order valence-corrected chi connectivity index (χ4v) is 2.98. The molecule has 9 nitrogen and oxygen atoms in total. The molecule has 29 heavy (non-hydrogen) atoms. The van der Waals surface area contributed by atoms with Gasteiger partial charge in [-0.05, 0) is 24.6 Å². The molecule has 0 unspecified atom stereocenters. The van der Waals surface area contributed by atoms with Crippen LogP contribution in [0.25, 0.3) is 28.3 Å². The summed E-state index contributed by atoms with van der Waals surface area (Å²) in [5.74, 6) is -1.00. The van der Waals surface area contributed by atoms with E-state index in [1.807, 2.05) is 0 Å². The predicted octanol–water partition coefficient (Wildman–Crippen LogP) is 0.132. The first kappa shape index (κ1) is 20.3. The van der Waals surface area contributed by atoms with Crippen molar-refractivity contribution in [1.82, 2.24) is 20.6 Å². The minimum atomic E-state index is -1.25. The number of aromatic hydroxyl groups is 1. The minimum absolute atomic E-state index is 0.00869. The number of fused-ring (bicyclic) bond motifs is 2. The number of aromatic carboxylic acids is 1. The maximum Gasteiger partial charge on any atom is 0.337 e. The number of hydrogen-bond acceptors (Lipinski definition) is 7. The van der Waals surface area contributed by atoms with Crippen LogP contribution in [0, 0.1) is 5.92 Å². The van der Waals surface area contributed by atoms with Gasteiger partial charge in [0.15, 0.2) is 0 Å². The minimum Gasteiger partial charge on any atom is -0.507 e. The maximum absolute atomic E-state index is 12.3. The highest BCUT2D eigenvalue weighted by molar-refractivity contribution is 6.02. The number of aromatic nitrogens is 2. The Bertz CT molecular complexity index is 1250. The number of carboxylic acid groups (broad SMARTS) is 1. The second-order valence-corrected chi connectivity index (χ2v) is 7.10. The first-order valence-electron chi connectivity index (χ1n) is 9.20. The Morgan fingerprint density at radius 2 is 1.93 bits per heavy atom. The van der Waals surface area contributed by atoms with Gasteiger partial charge in [0, 0.05) is 25.4 Å². The number of phenols is 1. The van der Waals surface area contributed by atoms with Gasteiger partial charge in [0.25, 0.3) is 0 Å². The molecule has 0 spiro atoms. The molecule has 0 fully saturated rings. The number of carbonyl (C=O) groups is 1. The smallest absolute Gasteiger partial charge is 0.337 e. The lowest BCUT2D eigenvalue weighted by atomic mass is 10.1. The summed E-state index contributed by atoms with van der Waals surface area (Å²) in [4.78, 5) is 43.0. The van der Waals surface area contributed by atoms with Crippen molar-refractivity contribution < 1.29 is 15.0 Å². The zero-order valence-electron chi connectivity index (χ0n) is 16.1. The molecular weight excluding hydrogens is 376 g/mol. The van der Waals surface area contributed by atoms with Crippen molar-refractivity contribution in [3.63, 3.8) is 0 Å². The van der Waals surface area contributed by atoms with E-state index in [0.717, 1.165) is 18.7 Å². The van der Waals surface area contributed by atoms with Crippen LogP contribution < -0.4 is 26.7 Å². The van der Waals surface area contributed by atoms with Crippen LogP contribution in [0.1, 0.15) is 24.2 Å². The van der Waals surface area contributed by atoms with Crippen molar-refractivity contribution in [2.24, 2.45) is 5.92 Å². The summed E-state index contributed by atoms with van der Waals surface area (Å²) in [6, 6.07) is 3.31. The molecule has 0 aliphatic heterocycles. The van der Waals surface area contributed by atoms with Gasteiger partial charge in [-0.15, -0.1) is 0 Å². The molecule has 0 radical (unpaired) electrons. The first-order chi connectivity index (χ1) is 13.8. The van der Waals surface area contributed by atoms with Gasteiger partial charge in [-0.1, -0.05) is 13.8 Å². The van der Waals surface area contributed by atoms with E-state index in [9.17, 15) is 24.6 Å². The lowest BCUT2D eigenvalue weighted by molar-refractivity contribution is 0.0699. The number of carboxylic acids is 1. The van der Waals surface area contributed by atoms with Gasteiger partial charge < -0.3 is 25.8 Å². The topological polar surface area (TPSA) is 144 Å². The summed E-state index contributed by atoms with van der Waals surface area (Å²) < 4.78 is 0. The molecule has 2 aromatic carbocycles. The monoisotopic (exact) mass is 398 g/mol. The lowest BCUT2D eigenvalue weighted by Crippen LogP contribution is -2.28. The Labute approximate surface area is 165 Å². The van der Waals surface area contributed by atoms with E-state index in [4.69, 9.17) is 0 Å². The molecule has 3 rings (SSSR count). The molecule has 0 saturated carbocycles. The standard InChI is InChI=1S/C20H22N4O5/c1-10(2)8-21-5-6-22-9-12-14(26)7-15(27)19-17(12)24-18-13(25)4-3-11(20(28)29)16(18)23-19/h3-4,7,9-10,21-23,26H,5-6,8H2,1-2H3,(H,28,29)/b12-9-. The van der Waals surface area contributed by atoms with Gasteiger partial charge in [-0.2, -0.15) is 0 Å². The fourth-order valence-electron chi connectivity index (χ4n) is 2.98. The van der Waals surface area contributed by atoms with Crippen LogP contribution >= 0.6 is 0 Å². The highest BCUT2D eigenvalue weighted by Gasteiger charge is 2.16. The predicted molar refractivity (Wildman–Crippen MR) is 110 cm³/mol. The molecular formula is C20H22N4O5. The van der Waals surface area contributed by atoms with Gasteiger partial charge in [0.2, 0.25) is 10.9 Å². The molecule has 152 valence electrons. The third kappa shape index (κ3) is 4.19. The lowest BCUT2D eigenvalue weighted by Gasteiger charge is -2.08. The first-order valence-corrected chi connectivity index (χ1v) is 9.20. The van der Waals surface area contributed by atoms with Crippen LogP contribution in [-0.4, -0.2) is 45.8 Å². The molecule has 9 heteroatoms. The SMILES string of the molecule is CC(C)CNCCN/C=c1/c(O)cc(=O)c2[nH]c3c(C(=O)O)ccc(=O)c3nc12. The van der Waals surface area contributed by atoms with E-state index in [0.29, 0.717) is 19.0 Å². The second-order valence-electron chi connectivity index (χ2n) is 7.10. The van der Waals surface area contributed by atoms with Crippen molar-refractivity contribution in [1.29, 1.82) is 0 Å². The Balaban J connectivity index is 2.11. The third-order valence-corrected chi connectivity index (χ3v) is 4.37. The van der Waals surface area contributed by atoms with Gasteiger partial charge in [0.05, 0.1) is 16.3 Å². The molecule has 0 bridgehead atoms. The largest absolute Gasteiger partial charge is 0.507 e. The summed E-state index contributed by atoms with van der Waals surface area (Å²) in [5, 5.41) is 26.1. The Morgan fingerprint density at radius 1 is 1.17 bits per heavy atom. The summed E-state index contributed by atoms with van der Waals surface area (Å²) >= 11 is 0. The summed E-state index contributed by atoms with van der Waals surface area (Å²) in [7, 11) is 0. The molecule has 1 heterocycles. The summed E-state index contributed by atoms with van der Waals surface area (Å²) in [6.45, 7) is 6.35. The molecule has 5 N–H and O–H groups in total. The number of rotatable bonds is 7. The van der Waals surface area contributed by atoms with Crippen molar-refractivity contribution in [3.05, 3.63) is 49.4 Å². The van der Waals surface area contributed by atoms with Crippen molar-refractivity contribution in [3.8, 4) is 5.75 Å². The highest BCUT2D eigenvalue weighted by Crippen LogP contribution is 2.15. The third-order valence-electron chi connectivity index (χ3n) is 4.37. The normalized spacial score (nSPS) is 12.2. The van der Waals surface area contributed by atoms with Crippen molar-refractivity contribution >= 4 is 34.2 Å². The van der Waals surface area contributed by atoms with Crippen molar-refractivity contribution in [2.75, 3.05) is 19.6 Å². The second kappa shape index (κ2) is 8.27. The number of benzene rings is 2. The van der Waals surface area contributed by atoms with Crippen LogP contribution in [0.2, 0.25) is 0 Å². The van der Waals surface area contributed by atoms with Gasteiger partial charge in [-0.3, -0.25) is 9.59 Å². The average Bonchev–Trinajstić information content (AvgIpc) is 2.65. The number of nitrogens with one attached hydrogen (secondary N) is 3. The molecule has 1 aromatic heterocycles. The number of hydrogen-bond donors (Lipinski definition) is 5. The molecule has 0 amide bonds. The Kier molecular flexibility index (Phi) is 5.79. The maximum atomic E-state index is 12.3. The Morgan fingerprint density at radius 3 is 2.62 bits per heavy atom. The molecule has 0 aliphatic rings. The van der Waals surface area contributed by atoms with Crippen molar-refractivity contribution in [2.45, 2.75) is 13.8 Å². The van der Waals surface area contributed by atoms with Crippen LogP contribution in [0.3, 0.4) is 0 Å². The van der Waals surface area contributed by atoms with Gasteiger partial charge in [0.1, 0.15) is 22.3 Å². The van der Waals surface area contributed by atoms with Gasteiger partial charge in [-0.25, -0.2) is 9.78 Å². The summed E-state index contributed by atoms with van der Waals surface area (Å²) in [6.07, 6.45) is 1.52. The Hall–Kier alpha value is -3.46. The zero-order valence-corrected chi connectivity index (χ0v) is 16.1. The van der Waals surface area contributed by atoms with Crippen LogP contribution in [-0.2, 0) is 0 Å². The average molecular weight is 398 g/mol. The van der Waals surface area contributed by atoms with E-state index in [-0.39, 0.29) is 38.6 Å². The van der Waals surface area contributed by atoms with Crippen LogP contribution in [0.4, 0.5) is 0 Å². The highest BCUT2D eigenvalue weighted by atomic mass is 16.4. The molecule has 0 saturated heterocycles. The van der Waals surface area contributed by atoms with E-state index >= 15 is 0 Å². The number of nitrogens with zero attached hydrogens (tertiary/aromatic N) is 1. The molecule has 3 aromatic rings. The van der Waals surface area contributed by atoms with Crippen LogP contribution in [0.15, 0.2) is 27.8 Å². The van der Waals surface area contributed by atoms with Crippen LogP contribution in [0.5, 0.6) is 5.75 Å². The van der Waals surface area contributed by atoms with E-state index in [2.05, 4.69) is 34.4 Å². The molecule has 0 aliphatic carbocycles. The quantitative estimate of drug-likeness (QED) is 0.279. The number of phenolic OH excluding ortho intramolecular Hbond substituents is 1.